The molecular weight excluding hydrogens is 417 g/mol. The van der Waals surface area contributed by atoms with Gasteiger partial charge in [-0.05, 0) is 43.0 Å². The van der Waals surface area contributed by atoms with Gasteiger partial charge in [-0.1, -0.05) is 13.0 Å². The molecule has 0 saturated carbocycles. The lowest BCUT2D eigenvalue weighted by Crippen LogP contribution is -2.37. The Hall–Kier alpha value is -2.49. The summed E-state index contributed by atoms with van der Waals surface area (Å²) < 4.78 is 42.3. The van der Waals surface area contributed by atoms with Crippen molar-refractivity contribution in [3.63, 3.8) is 0 Å². The molecule has 1 fully saturated rings. The number of aliphatic carboxylic acids is 1. The quantitative estimate of drug-likeness (QED) is 0.689. The number of nitrogens with zero attached hydrogens (tertiary/aromatic N) is 2. The molecule has 1 aromatic rings. The molecule has 1 N–H and O–H groups in total. The molecular formula is C21H31F3N2O5. The largest absolute Gasteiger partial charge is 0.493 e. The Balaban J connectivity index is 0.000000592. The van der Waals surface area contributed by atoms with Crippen LogP contribution in [0, 0.1) is 5.92 Å². The number of hydrogen-bond acceptors (Lipinski definition) is 5. The van der Waals surface area contributed by atoms with Gasteiger partial charge in [-0.15, -0.1) is 0 Å². The smallest absolute Gasteiger partial charge is 0.490 e. The topological polar surface area (TPSA) is 79.3 Å². The number of amides is 1. The first-order valence-electron chi connectivity index (χ1n) is 9.95. The number of carboxylic acids is 1. The van der Waals surface area contributed by atoms with Crippen LogP contribution in [0.1, 0.15) is 31.7 Å². The third kappa shape index (κ3) is 9.46. The number of rotatable bonds is 7. The predicted molar refractivity (Wildman–Crippen MR) is 109 cm³/mol. The Bertz CT molecular complexity index is 727. The maximum absolute atomic E-state index is 12.4. The first-order chi connectivity index (χ1) is 14.5. The Morgan fingerprint density at radius 1 is 1.23 bits per heavy atom. The lowest BCUT2D eigenvalue weighted by molar-refractivity contribution is -0.192. The van der Waals surface area contributed by atoms with Crippen LogP contribution in [0.4, 0.5) is 13.2 Å². The number of ether oxygens (including phenoxy) is 2. The first-order valence-corrected chi connectivity index (χ1v) is 9.95. The molecule has 0 bridgehead atoms. The van der Waals surface area contributed by atoms with Gasteiger partial charge in [0.2, 0.25) is 5.91 Å². The third-order valence-electron chi connectivity index (χ3n) is 4.92. The zero-order valence-electron chi connectivity index (χ0n) is 18.4. The van der Waals surface area contributed by atoms with E-state index >= 15 is 0 Å². The van der Waals surface area contributed by atoms with Crippen molar-refractivity contribution in [2.24, 2.45) is 5.92 Å². The van der Waals surface area contributed by atoms with E-state index in [0.29, 0.717) is 24.5 Å². The maximum Gasteiger partial charge on any atom is 0.490 e. The molecule has 0 spiro atoms. The fraction of sp³-hybridized carbons (Fsp3) is 0.619. The molecule has 1 aliphatic heterocycles. The summed E-state index contributed by atoms with van der Waals surface area (Å²) in [6.45, 7) is 5.97. The number of benzene rings is 1. The number of carbonyl (C=O) groups excluding carboxylic acids is 1. The fourth-order valence-corrected chi connectivity index (χ4v) is 3.28. The zero-order chi connectivity index (χ0) is 23.6. The summed E-state index contributed by atoms with van der Waals surface area (Å²) in [4.78, 5) is 25.5. The fourth-order valence-electron chi connectivity index (χ4n) is 3.28. The maximum atomic E-state index is 12.4. The number of methoxy groups -OCH3 is 2. The lowest BCUT2D eigenvalue weighted by atomic mass is 10.0. The van der Waals surface area contributed by atoms with Crippen molar-refractivity contribution in [2.45, 2.75) is 38.9 Å². The van der Waals surface area contributed by atoms with Crippen LogP contribution < -0.4 is 9.47 Å². The van der Waals surface area contributed by atoms with Crippen molar-refractivity contribution in [1.29, 1.82) is 0 Å². The summed E-state index contributed by atoms with van der Waals surface area (Å²) in [7, 11) is 5.10. The van der Waals surface area contributed by atoms with Crippen LogP contribution in [0.3, 0.4) is 0 Å². The molecule has 7 nitrogen and oxygen atoms in total. The van der Waals surface area contributed by atoms with E-state index in [2.05, 4.69) is 11.8 Å². The Labute approximate surface area is 180 Å². The second kappa shape index (κ2) is 12.4. The van der Waals surface area contributed by atoms with Gasteiger partial charge in [0.25, 0.3) is 0 Å². The summed E-state index contributed by atoms with van der Waals surface area (Å²) >= 11 is 0. The molecule has 2 rings (SSSR count). The second-order valence-electron chi connectivity index (χ2n) is 7.54. The SMILES string of the molecule is COc1ccc(CN(C)C(=O)CCN2CCCC(C)C2)cc1OC.O=C(O)C(F)(F)F. The van der Waals surface area contributed by atoms with Crippen LogP contribution >= 0.6 is 0 Å². The number of hydrogen-bond donors (Lipinski definition) is 1. The number of halogens is 3. The highest BCUT2D eigenvalue weighted by Gasteiger charge is 2.38. The van der Waals surface area contributed by atoms with E-state index in [4.69, 9.17) is 19.4 Å². The van der Waals surface area contributed by atoms with E-state index in [1.54, 1.807) is 19.1 Å². The van der Waals surface area contributed by atoms with Crippen molar-refractivity contribution in [2.75, 3.05) is 40.9 Å². The van der Waals surface area contributed by atoms with Gasteiger partial charge in [-0.2, -0.15) is 13.2 Å². The zero-order valence-corrected chi connectivity index (χ0v) is 18.4. The highest BCUT2D eigenvalue weighted by Crippen LogP contribution is 2.28. The summed E-state index contributed by atoms with van der Waals surface area (Å²) in [5.41, 5.74) is 1.04. The van der Waals surface area contributed by atoms with Gasteiger partial charge in [0.15, 0.2) is 11.5 Å². The van der Waals surface area contributed by atoms with Gasteiger partial charge in [0, 0.05) is 33.1 Å². The van der Waals surface area contributed by atoms with Gasteiger partial charge in [-0.25, -0.2) is 4.79 Å². The number of alkyl halides is 3. The molecule has 0 radical (unpaired) electrons. The molecule has 1 aliphatic rings. The molecule has 1 atom stereocenters. The minimum absolute atomic E-state index is 0.183. The molecule has 0 aromatic heterocycles. The summed E-state index contributed by atoms with van der Waals surface area (Å²) in [5.74, 6) is -0.429. The molecule has 1 aromatic carbocycles. The second-order valence-corrected chi connectivity index (χ2v) is 7.54. The number of carboxylic acid groups (broad SMARTS) is 1. The number of piperidine rings is 1. The van der Waals surface area contributed by atoms with Crippen LogP contribution in [0.25, 0.3) is 0 Å². The molecule has 1 unspecified atom stereocenters. The standard InChI is InChI=1S/C19H30N2O3.C2HF3O2/c1-15-6-5-10-21(13-15)11-9-19(22)20(2)14-16-7-8-17(23-3)18(12-16)24-4;3-2(4,5)1(6)7/h7-8,12,15H,5-6,9-11,13-14H2,1-4H3;(H,6,7). The average molecular weight is 448 g/mol. The third-order valence-corrected chi connectivity index (χ3v) is 4.92. The van der Waals surface area contributed by atoms with E-state index in [1.165, 1.54) is 12.8 Å². The molecule has 1 heterocycles. The van der Waals surface area contributed by atoms with E-state index in [1.807, 2.05) is 25.2 Å². The molecule has 0 aliphatic carbocycles. The Kier molecular flexibility index (Phi) is 10.6. The van der Waals surface area contributed by atoms with Gasteiger partial charge < -0.3 is 24.4 Å². The van der Waals surface area contributed by atoms with E-state index in [0.717, 1.165) is 31.1 Å². The summed E-state index contributed by atoms with van der Waals surface area (Å²) in [6.07, 6.45) is -1.95. The van der Waals surface area contributed by atoms with Gasteiger partial charge >= 0.3 is 12.1 Å². The van der Waals surface area contributed by atoms with Crippen molar-refractivity contribution in [1.82, 2.24) is 9.80 Å². The average Bonchev–Trinajstić information content (AvgIpc) is 2.71. The Morgan fingerprint density at radius 2 is 1.84 bits per heavy atom. The van der Waals surface area contributed by atoms with Crippen molar-refractivity contribution >= 4 is 11.9 Å². The van der Waals surface area contributed by atoms with E-state index in [-0.39, 0.29) is 5.91 Å². The van der Waals surface area contributed by atoms with Crippen molar-refractivity contribution in [3.8, 4) is 11.5 Å². The number of carbonyl (C=O) groups is 2. The first kappa shape index (κ1) is 26.5. The molecule has 31 heavy (non-hydrogen) atoms. The molecule has 1 saturated heterocycles. The minimum Gasteiger partial charge on any atom is -0.493 e. The van der Waals surface area contributed by atoms with Crippen LogP contribution in [0.15, 0.2) is 18.2 Å². The summed E-state index contributed by atoms with van der Waals surface area (Å²) in [6, 6.07) is 5.77. The van der Waals surface area contributed by atoms with Crippen LogP contribution in [-0.2, 0) is 16.1 Å². The molecule has 176 valence electrons. The van der Waals surface area contributed by atoms with Crippen molar-refractivity contribution < 1.29 is 37.3 Å². The van der Waals surface area contributed by atoms with Gasteiger partial charge in [-0.3, -0.25) is 4.79 Å². The summed E-state index contributed by atoms with van der Waals surface area (Å²) in [5, 5.41) is 7.12. The van der Waals surface area contributed by atoms with Crippen molar-refractivity contribution in [3.05, 3.63) is 23.8 Å². The van der Waals surface area contributed by atoms with Gasteiger partial charge in [0.05, 0.1) is 14.2 Å². The van der Waals surface area contributed by atoms with Crippen LogP contribution in [0.2, 0.25) is 0 Å². The number of likely N-dealkylation sites (tertiary alicyclic amines) is 1. The Morgan fingerprint density at radius 3 is 2.35 bits per heavy atom. The van der Waals surface area contributed by atoms with Gasteiger partial charge in [0.1, 0.15) is 0 Å². The highest BCUT2D eigenvalue weighted by molar-refractivity contribution is 5.76. The lowest BCUT2D eigenvalue weighted by Gasteiger charge is -2.31. The van der Waals surface area contributed by atoms with E-state index in [9.17, 15) is 18.0 Å². The van der Waals surface area contributed by atoms with Crippen LogP contribution in [-0.4, -0.2) is 73.9 Å². The van der Waals surface area contributed by atoms with Crippen LogP contribution in [0.5, 0.6) is 11.5 Å². The predicted octanol–water partition coefficient (Wildman–Crippen LogP) is 3.42. The van der Waals surface area contributed by atoms with E-state index < -0.39 is 12.1 Å². The minimum atomic E-state index is -5.08. The monoisotopic (exact) mass is 448 g/mol. The molecule has 1 amide bonds. The molecule has 10 heteroatoms. The highest BCUT2D eigenvalue weighted by atomic mass is 19.4. The normalized spacial score (nSPS) is 16.7.